The molecular weight excluding hydrogens is 176 g/mol. The molecule has 1 aliphatic heterocycles. The van der Waals surface area contributed by atoms with Gasteiger partial charge in [0.25, 0.3) is 0 Å². The molecule has 1 aliphatic rings. The summed E-state index contributed by atoms with van der Waals surface area (Å²) in [6, 6.07) is 4.93. The second kappa shape index (κ2) is 4.53. The lowest BCUT2D eigenvalue weighted by Crippen LogP contribution is -2.31. The van der Waals surface area contributed by atoms with Crippen molar-refractivity contribution in [2.45, 2.75) is 25.4 Å². The summed E-state index contributed by atoms with van der Waals surface area (Å²) in [7, 11) is 0. The van der Waals surface area contributed by atoms with E-state index in [1.807, 2.05) is 12.3 Å². The smallest absolute Gasteiger partial charge is 0.0620 e. The molecule has 1 N–H and O–H groups in total. The molecule has 1 aromatic heterocycles. The molecule has 1 aromatic rings. The second-order valence-electron chi connectivity index (χ2n) is 3.74. The molecule has 1 fully saturated rings. The van der Waals surface area contributed by atoms with E-state index in [1.54, 1.807) is 6.20 Å². The highest BCUT2D eigenvalue weighted by Crippen LogP contribution is 2.13. The maximum Gasteiger partial charge on any atom is 0.0620 e. The number of nitrogens with one attached hydrogen (secondary N) is 1. The van der Waals surface area contributed by atoms with E-state index in [1.165, 1.54) is 5.56 Å². The summed E-state index contributed by atoms with van der Waals surface area (Å²) < 4.78 is 5.32. The Labute approximate surface area is 84.5 Å². The van der Waals surface area contributed by atoms with E-state index in [2.05, 4.69) is 23.3 Å². The molecule has 0 bridgehead atoms. The molecular formula is C11H16N2O. The molecule has 1 unspecified atom stereocenters. The first kappa shape index (κ1) is 9.62. The van der Waals surface area contributed by atoms with Gasteiger partial charge in [0.1, 0.15) is 0 Å². The molecule has 2 atom stereocenters. The molecule has 0 aromatic carbocycles. The molecule has 0 spiro atoms. The molecule has 0 saturated carbocycles. The average Bonchev–Trinajstić information content (AvgIpc) is 2.72. The molecule has 0 aliphatic carbocycles. The lowest BCUT2D eigenvalue weighted by atomic mass is 10.1. The van der Waals surface area contributed by atoms with E-state index < -0.39 is 0 Å². The number of rotatable bonds is 3. The van der Waals surface area contributed by atoms with E-state index in [4.69, 9.17) is 4.74 Å². The quantitative estimate of drug-likeness (QED) is 0.788. The van der Waals surface area contributed by atoms with Crippen LogP contribution in [0, 0.1) is 0 Å². The Hall–Kier alpha value is -0.930. The van der Waals surface area contributed by atoms with Gasteiger partial charge < -0.3 is 10.1 Å². The predicted molar refractivity (Wildman–Crippen MR) is 55.0 cm³/mol. The Balaban J connectivity index is 1.92. The molecule has 0 amide bonds. The third-order valence-electron chi connectivity index (χ3n) is 2.60. The van der Waals surface area contributed by atoms with Gasteiger partial charge in [-0.1, -0.05) is 6.07 Å². The van der Waals surface area contributed by atoms with Crippen LogP contribution in [0.2, 0.25) is 0 Å². The number of hydrogen-bond donors (Lipinski definition) is 1. The zero-order valence-electron chi connectivity index (χ0n) is 8.44. The van der Waals surface area contributed by atoms with Crippen LogP contribution in [0.25, 0.3) is 0 Å². The van der Waals surface area contributed by atoms with Crippen molar-refractivity contribution in [1.29, 1.82) is 0 Å². The van der Waals surface area contributed by atoms with E-state index >= 15 is 0 Å². The fourth-order valence-electron chi connectivity index (χ4n) is 1.75. The third-order valence-corrected chi connectivity index (χ3v) is 2.60. The van der Waals surface area contributed by atoms with Gasteiger partial charge in [-0.05, 0) is 25.0 Å². The molecule has 0 radical (unpaired) electrons. The minimum atomic E-state index is 0.357. The SMILES string of the molecule is C[C@@H](NC1CCOC1)c1cccnc1. The van der Waals surface area contributed by atoms with Crippen molar-refractivity contribution >= 4 is 0 Å². The topological polar surface area (TPSA) is 34.1 Å². The first-order chi connectivity index (χ1) is 6.86. The summed E-state index contributed by atoms with van der Waals surface area (Å²) in [5, 5.41) is 3.53. The van der Waals surface area contributed by atoms with E-state index in [9.17, 15) is 0 Å². The fraction of sp³-hybridized carbons (Fsp3) is 0.545. The Kier molecular flexibility index (Phi) is 3.11. The molecule has 1 saturated heterocycles. The van der Waals surface area contributed by atoms with Crippen molar-refractivity contribution in [3.05, 3.63) is 30.1 Å². The van der Waals surface area contributed by atoms with Crippen LogP contribution in [0.3, 0.4) is 0 Å². The van der Waals surface area contributed by atoms with Crippen molar-refractivity contribution in [1.82, 2.24) is 10.3 Å². The number of hydrogen-bond acceptors (Lipinski definition) is 3. The lowest BCUT2D eigenvalue weighted by molar-refractivity contribution is 0.188. The van der Waals surface area contributed by atoms with Gasteiger partial charge in [-0.3, -0.25) is 4.98 Å². The number of pyridine rings is 1. The van der Waals surface area contributed by atoms with Crippen molar-refractivity contribution in [3.63, 3.8) is 0 Å². The van der Waals surface area contributed by atoms with Crippen molar-refractivity contribution in [3.8, 4) is 0 Å². The zero-order valence-corrected chi connectivity index (χ0v) is 8.44. The number of nitrogens with zero attached hydrogens (tertiary/aromatic N) is 1. The Morgan fingerprint density at radius 2 is 2.57 bits per heavy atom. The van der Waals surface area contributed by atoms with E-state index in [0.717, 1.165) is 19.6 Å². The Morgan fingerprint density at radius 3 is 3.21 bits per heavy atom. The van der Waals surface area contributed by atoms with Crippen LogP contribution in [0.5, 0.6) is 0 Å². The maximum absolute atomic E-state index is 5.32. The fourth-order valence-corrected chi connectivity index (χ4v) is 1.75. The molecule has 14 heavy (non-hydrogen) atoms. The van der Waals surface area contributed by atoms with Gasteiger partial charge >= 0.3 is 0 Å². The van der Waals surface area contributed by atoms with Gasteiger partial charge in [-0.15, -0.1) is 0 Å². The zero-order chi connectivity index (χ0) is 9.80. The third kappa shape index (κ3) is 2.30. The summed E-state index contributed by atoms with van der Waals surface area (Å²) in [5.74, 6) is 0. The minimum Gasteiger partial charge on any atom is -0.380 e. The van der Waals surface area contributed by atoms with Crippen molar-refractivity contribution < 1.29 is 4.74 Å². The van der Waals surface area contributed by atoms with Gasteiger partial charge in [0.05, 0.1) is 6.61 Å². The van der Waals surface area contributed by atoms with Crippen LogP contribution < -0.4 is 5.32 Å². The monoisotopic (exact) mass is 192 g/mol. The summed E-state index contributed by atoms with van der Waals surface area (Å²) >= 11 is 0. The lowest BCUT2D eigenvalue weighted by Gasteiger charge is -2.17. The van der Waals surface area contributed by atoms with Crippen LogP contribution in [-0.4, -0.2) is 24.2 Å². The van der Waals surface area contributed by atoms with Crippen LogP contribution >= 0.6 is 0 Å². The molecule has 2 rings (SSSR count). The highest BCUT2D eigenvalue weighted by molar-refractivity contribution is 5.13. The van der Waals surface area contributed by atoms with Gasteiger partial charge in [0.15, 0.2) is 0 Å². The van der Waals surface area contributed by atoms with Crippen LogP contribution in [0.1, 0.15) is 24.9 Å². The van der Waals surface area contributed by atoms with Gasteiger partial charge in [0, 0.05) is 31.1 Å². The second-order valence-corrected chi connectivity index (χ2v) is 3.74. The maximum atomic E-state index is 5.32. The van der Waals surface area contributed by atoms with Crippen LogP contribution in [-0.2, 0) is 4.74 Å². The summed E-state index contributed by atoms with van der Waals surface area (Å²) in [6.07, 6.45) is 4.83. The minimum absolute atomic E-state index is 0.357. The Bertz CT molecular complexity index is 270. The molecule has 3 heteroatoms. The molecule has 3 nitrogen and oxygen atoms in total. The van der Waals surface area contributed by atoms with Gasteiger partial charge in [0.2, 0.25) is 0 Å². The normalized spacial score (nSPS) is 23.6. The summed E-state index contributed by atoms with van der Waals surface area (Å²) in [6.45, 7) is 3.89. The van der Waals surface area contributed by atoms with Crippen molar-refractivity contribution in [2.75, 3.05) is 13.2 Å². The number of ether oxygens (including phenoxy) is 1. The Morgan fingerprint density at radius 1 is 1.64 bits per heavy atom. The van der Waals surface area contributed by atoms with Crippen LogP contribution in [0.4, 0.5) is 0 Å². The van der Waals surface area contributed by atoms with Gasteiger partial charge in [-0.2, -0.15) is 0 Å². The first-order valence-electron chi connectivity index (χ1n) is 5.10. The summed E-state index contributed by atoms with van der Waals surface area (Å²) in [5.41, 5.74) is 1.24. The largest absolute Gasteiger partial charge is 0.380 e. The van der Waals surface area contributed by atoms with Crippen LogP contribution in [0.15, 0.2) is 24.5 Å². The first-order valence-corrected chi connectivity index (χ1v) is 5.10. The van der Waals surface area contributed by atoms with Gasteiger partial charge in [-0.25, -0.2) is 0 Å². The van der Waals surface area contributed by atoms with Crippen molar-refractivity contribution in [2.24, 2.45) is 0 Å². The highest BCUT2D eigenvalue weighted by Gasteiger charge is 2.17. The highest BCUT2D eigenvalue weighted by atomic mass is 16.5. The molecule has 2 heterocycles. The predicted octanol–water partition coefficient (Wildman–Crippen LogP) is 1.52. The average molecular weight is 192 g/mol. The van der Waals surface area contributed by atoms with E-state index in [-0.39, 0.29) is 0 Å². The standard InChI is InChI=1S/C11H16N2O/c1-9(10-3-2-5-12-7-10)13-11-4-6-14-8-11/h2-3,5,7,9,11,13H,4,6,8H2,1H3/t9-,11?/m1/s1. The van der Waals surface area contributed by atoms with E-state index in [0.29, 0.717) is 12.1 Å². The summed E-state index contributed by atoms with van der Waals surface area (Å²) in [4.78, 5) is 4.11. The number of aromatic nitrogens is 1. The molecule has 76 valence electrons.